The molecule has 0 aliphatic heterocycles. The Labute approximate surface area is 66.0 Å². The third-order valence-corrected chi connectivity index (χ3v) is 1.60. The maximum absolute atomic E-state index is 8.68. The van der Waals surface area contributed by atoms with E-state index in [2.05, 4.69) is 0 Å². The van der Waals surface area contributed by atoms with Gasteiger partial charge in [-0.1, -0.05) is 35.3 Å². The van der Waals surface area contributed by atoms with E-state index in [1.54, 1.807) is 18.2 Å². The van der Waals surface area contributed by atoms with E-state index in [0.29, 0.717) is 16.0 Å². The fraction of sp³-hybridized carbons (Fsp3) is 0.143. The summed E-state index contributed by atoms with van der Waals surface area (Å²) >= 11 is 5.69. The summed E-state index contributed by atoms with van der Waals surface area (Å²) in [5.74, 6) is 0. The first-order valence-electron chi connectivity index (χ1n) is 2.89. The first-order valence-corrected chi connectivity index (χ1v) is 3.26. The topological polar surface area (TPSA) is 20.2 Å². The molecule has 0 bridgehead atoms. The van der Waals surface area contributed by atoms with Crippen molar-refractivity contribution in [1.82, 2.24) is 0 Å². The number of aliphatic hydroxyl groups is 1. The molecular weight excluding hydrogens is 146 g/mol. The molecular formula is C7H6BClO. The van der Waals surface area contributed by atoms with Gasteiger partial charge in [0.05, 0.1) is 6.61 Å². The molecule has 0 fully saturated rings. The van der Waals surface area contributed by atoms with Crippen LogP contribution in [0, 0.1) is 0 Å². The van der Waals surface area contributed by atoms with Crippen molar-refractivity contribution in [1.29, 1.82) is 0 Å². The van der Waals surface area contributed by atoms with Gasteiger partial charge in [-0.3, -0.25) is 0 Å². The van der Waals surface area contributed by atoms with E-state index < -0.39 is 0 Å². The summed E-state index contributed by atoms with van der Waals surface area (Å²) in [5, 5.41) is 9.20. The Morgan fingerprint density at radius 2 is 2.20 bits per heavy atom. The molecule has 0 heterocycles. The molecule has 0 aromatic heterocycles. The molecule has 1 N–H and O–H groups in total. The standard InChI is InChI=1S/C7H6BClO/c8-6-2-1-5(4-10)7(9)3-6/h1-3,10H,4H2. The fourth-order valence-electron chi connectivity index (χ4n) is 0.692. The molecule has 1 aromatic carbocycles. The minimum Gasteiger partial charge on any atom is -0.392 e. The summed E-state index contributed by atoms with van der Waals surface area (Å²) in [5.41, 5.74) is 1.32. The van der Waals surface area contributed by atoms with Crippen LogP contribution in [0.5, 0.6) is 0 Å². The van der Waals surface area contributed by atoms with Crippen molar-refractivity contribution in [2.75, 3.05) is 0 Å². The molecule has 0 aliphatic carbocycles. The predicted octanol–water partition coefficient (Wildman–Crippen LogP) is 0.626. The maximum Gasteiger partial charge on any atom is 0.113 e. The molecule has 2 radical (unpaired) electrons. The summed E-state index contributed by atoms with van der Waals surface area (Å²) in [7, 11) is 5.42. The van der Waals surface area contributed by atoms with E-state index >= 15 is 0 Å². The van der Waals surface area contributed by atoms with Gasteiger partial charge < -0.3 is 5.11 Å². The maximum atomic E-state index is 8.68. The van der Waals surface area contributed by atoms with Crippen LogP contribution in [0.25, 0.3) is 0 Å². The van der Waals surface area contributed by atoms with Gasteiger partial charge in [-0.2, -0.15) is 0 Å². The first-order chi connectivity index (χ1) is 4.74. The zero-order valence-electron chi connectivity index (χ0n) is 5.34. The largest absolute Gasteiger partial charge is 0.392 e. The summed E-state index contributed by atoms with van der Waals surface area (Å²) in [6, 6.07) is 5.03. The minimum atomic E-state index is -0.0425. The van der Waals surface area contributed by atoms with Crippen LogP contribution >= 0.6 is 11.6 Å². The van der Waals surface area contributed by atoms with Crippen molar-refractivity contribution in [3.8, 4) is 0 Å². The van der Waals surface area contributed by atoms with E-state index in [4.69, 9.17) is 24.6 Å². The Morgan fingerprint density at radius 3 is 2.70 bits per heavy atom. The third-order valence-electron chi connectivity index (χ3n) is 1.25. The highest BCUT2D eigenvalue weighted by Gasteiger charge is 1.96. The van der Waals surface area contributed by atoms with Crippen LogP contribution in [-0.2, 0) is 6.61 Å². The molecule has 1 aromatic rings. The molecule has 1 rings (SSSR count). The van der Waals surface area contributed by atoms with Gasteiger partial charge >= 0.3 is 0 Å². The first kappa shape index (κ1) is 7.64. The zero-order chi connectivity index (χ0) is 7.56. The lowest BCUT2D eigenvalue weighted by Crippen LogP contribution is -2.01. The van der Waals surface area contributed by atoms with E-state index in [1.165, 1.54) is 0 Å². The average molecular weight is 152 g/mol. The van der Waals surface area contributed by atoms with Gasteiger partial charge in [-0.05, 0) is 5.56 Å². The summed E-state index contributed by atoms with van der Waals surface area (Å²) in [4.78, 5) is 0. The second-order valence-electron chi connectivity index (χ2n) is 2.01. The minimum absolute atomic E-state index is 0.0425. The molecule has 1 nitrogen and oxygen atoms in total. The van der Waals surface area contributed by atoms with Crippen LogP contribution in [0.1, 0.15) is 5.56 Å². The highest BCUT2D eigenvalue weighted by Crippen LogP contribution is 2.12. The number of hydrogen-bond donors (Lipinski definition) is 1. The second-order valence-corrected chi connectivity index (χ2v) is 2.42. The normalized spacial score (nSPS) is 9.80. The van der Waals surface area contributed by atoms with Crippen molar-refractivity contribution in [2.45, 2.75) is 6.61 Å². The molecule has 0 spiro atoms. The highest BCUT2D eigenvalue weighted by atomic mass is 35.5. The van der Waals surface area contributed by atoms with Gasteiger partial charge in [-0.25, -0.2) is 0 Å². The lowest BCUT2D eigenvalue weighted by atomic mass is 9.95. The van der Waals surface area contributed by atoms with Crippen LogP contribution in [0.3, 0.4) is 0 Å². The van der Waals surface area contributed by atoms with Crippen molar-refractivity contribution in [2.24, 2.45) is 0 Å². The summed E-state index contributed by atoms with van der Waals surface area (Å²) in [6.45, 7) is -0.0425. The molecule has 10 heavy (non-hydrogen) atoms. The van der Waals surface area contributed by atoms with Gasteiger partial charge in [0.2, 0.25) is 0 Å². The molecule has 0 saturated heterocycles. The van der Waals surface area contributed by atoms with E-state index in [9.17, 15) is 0 Å². The third kappa shape index (κ3) is 1.52. The van der Waals surface area contributed by atoms with Crippen LogP contribution in [-0.4, -0.2) is 13.0 Å². The van der Waals surface area contributed by atoms with E-state index in [1.807, 2.05) is 0 Å². The van der Waals surface area contributed by atoms with Gasteiger partial charge in [0.25, 0.3) is 0 Å². The van der Waals surface area contributed by atoms with Gasteiger partial charge in [0.15, 0.2) is 0 Å². The number of benzene rings is 1. The fourth-order valence-corrected chi connectivity index (χ4v) is 0.941. The van der Waals surface area contributed by atoms with Crippen molar-refractivity contribution < 1.29 is 5.11 Å². The number of hydrogen-bond acceptors (Lipinski definition) is 1. The smallest absolute Gasteiger partial charge is 0.113 e. The summed E-state index contributed by atoms with van der Waals surface area (Å²) < 4.78 is 0. The van der Waals surface area contributed by atoms with Crippen LogP contribution in [0.4, 0.5) is 0 Å². The summed E-state index contributed by atoms with van der Waals surface area (Å²) in [6.07, 6.45) is 0. The van der Waals surface area contributed by atoms with Crippen LogP contribution in [0.15, 0.2) is 18.2 Å². The second kappa shape index (κ2) is 3.08. The van der Waals surface area contributed by atoms with Crippen LogP contribution in [0.2, 0.25) is 5.02 Å². The van der Waals surface area contributed by atoms with E-state index in [-0.39, 0.29) is 6.61 Å². The number of rotatable bonds is 1. The van der Waals surface area contributed by atoms with Gasteiger partial charge in [0, 0.05) is 5.02 Å². The Kier molecular flexibility index (Phi) is 2.36. The quantitative estimate of drug-likeness (QED) is 0.585. The van der Waals surface area contributed by atoms with Crippen molar-refractivity contribution in [3.05, 3.63) is 28.8 Å². The van der Waals surface area contributed by atoms with Gasteiger partial charge in [0.1, 0.15) is 7.85 Å². The number of halogens is 1. The molecule has 0 aliphatic rings. The SMILES string of the molecule is [B]c1ccc(CO)c(Cl)c1. The molecule has 3 heteroatoms. The van der Waals surface area contributed by atoms with E-state index in [0.717, 1.165) is 0 Å². The van der Waals surface area contributed by atoms with Crippen LogP contribution < -0.4 is 5.46 Å². The predicted molar refractivity (Wildman–Crippen MR) is 42.8 cm³/mol. The lowest BCUT2D eigenvalue weighted by Gasteiger charge is -1.99. The zero-order valence-corrected chi connectivity index (χ0v) is 6.10. The lowest BCUT2D eigenvalue weighted by molar-refractivity contribution is 0.282. The van der Waals surface area contributed by atoms with Crippen molar-refractivity contribution >= 4 is 24.9 Å². The monoisotopic (exact) mass is 152 g/mol. The Bertz CT molecular complexity index is 237. The number of aliphatic hydroxyl groups excluding tert-OH is 1. The molecule has 0 amide bonds. The molecule has 0 atom stereocenters. The molecule has 0 unspecified atom stereocenters. The van der Waals surface area contributed by atoms with Crippen molar-refractivity contribution in [3.63, 3.8) is 0 Å². The molecule has 0 saturated carbocycles. The Morgan fingerprint density at radius 1 is 1.50 bits per heavy atom. The Hall–Kier alpha value is -0.465. The van der Waals surface area contributed by atoms with Gasteiger partial charge in [-0.15, -0.1) is 0 Å². The molecule has 50 valence electrons. The Balaban J connectivity index is 3.07. The average Bonchev–Trinajstić information content (AvgIpc) is 1.88. The highest BCUT2D eigenvalue weighted by molar-refractivity contribution is 6.36.